The van der Waals surface area contributed by atoms with Gasteiger partial charge < -0.3 is 10.4 Å². The molecule has 0 aromatic carbocycles. The zero-order valence-corrected chi connectivity index (χ0v) is 9.47. The van der Waals surface area contributed by atoms with Crippen molar-refractivity contribution < 1.29 is 5.11 Å². The first-order chi connectivity index (χ1) is 6.86. The van der Waals surface area contributed by atoms with E-state index in [2.05, 4.69) is 12.2 Å². The van der Waals surface area contributed by atoms with Crippen LogP contribution in [0.25, 0.3) is 0 Å². The summed E-state index contributed by atoms with van der Waals surface area (Å²) in [4.78, 5) is 0. The number of aliphatic hydroxyl groups is 1. The van der Waals surface area contributed by atoms with Gasteiger partial charge >= 0.3 is 0 Å². The largest absolute Gasteiger partial charge is 0.396 e. The van der Waals surface area contributed by atoms with Crippen molar-refractivity contribution in [3.63, 3.8) is 0 Å². The van der Waals surface area contributed by atoms with Crippen LogP contribution in [0, 0.1) is 11.8 Å². The van der Waals surface area contributed by atoms with Crippen molar-refractivity contribution in [1.29, 1.82) is 0 Å². The van der Waals surface area contributed by atoms with Gasteiger partial charge in [-0.1, -0.05) is 26.2 Å². The standard InChI is InChI=1S/C12H25NO/c1-2-11(7-8-14)9-13-10-12-5-3-4-6-12/h11-14H,2-10H2,1H3. The number of nitrogens with one attached hydrogen (secondary N) is 1. The summed E-state index contributed by atoms with van der Waals surface area (Å²) in [6.45, 7) is 4.83. The van der Waals surface area contributed by atoms with E-state index in [1.807, 2.05) is 0 Å². The molecular weight excluding hydrogens is 174 g/mol. The smallest absolute Gasteiger partial charge is 0.0434 e. The number of aliphatic hydroxyl groups excluding tert-OH is 1. The lowest BCUT2D eigenvalue weighted by atomic mass is 10.0. The van der Waals surface area contributed by atoms with E-state index in [1.54, 1.807) is 0 Å². The Kier molecular flexibility index (Phi) is 6.20. The molecule has 0 aliphatic heterocycles. The van der Waals surface area contributed by atoms with E-state index in [1.165, 1.54) is 38.6 Å². The van der Waals surface area contributed by atoms with Crippen molar-refractivity contribution in [3.8, 4) is 0 Å². The van der Waals surface area contributed by atoms with E-state index in [0.29, 0.717) is 12.5 Å². The van der Waals surface area contributed by atoms with Crippen LogP contribution in [0.4, 0.5) is 0 Å². The van der Waals surface area contributed by atoms with Gasteiger partial charge in [0.2, 0.25) is 0 Å². The Morgan fingerprint density at radius 2 is 2.07 bits per heavy atom. The van der Waals surface area contributed by atoms with Crippen LogP contribution in [-0.2, 0) is 0 Å². The molecule has 2 N–H and O–H groups in total. The average Bonchev–Trinajstić information content (AvgIpc) is 2.69. The van der Waals surface area contributed by atoms with Crippen LogP contribution in [0.5, 0.6) is 0 Å². The molecule has 1 unspecified atom stereocenters. The molecule has 2 heteroatoms. The summed E-state index contributed by atoms with van der Waals surface area (Å²) in [6.07, 6.45) is 7.83. The summed E-state index contributed by atoms with van der Waals surface area (Å²) >= 11 is 0. The van der Waals surface area contributed by atoms with Gasteiger partial charge in [-0.15, -0.1) is 0 Å². The van der Waals surface area contributed by atoms with E-state index in [-0.39, 0.29) is 0 Å². The van der Waals surface area contributed by atoms with Crippen LogP contribution in [0.15, 0.2) is 0 Å². The second-order valence-corrected chi connectivity index (χ2v) is 4.60. The predicted molar refractivity (Wildman–Crippen MR) is 60.3 cm³/mol. The molecule has 0 aromatic heterocycles. The molecule has 1 rings (SSSR count). The third-order valence-corrected chi connectivity index (χ3v) is 3.46. The second-order valence-electron chi connectivity index (χ2n) is 4.60. The zero-order chi connectivity index (χ0) is 10.2. The van der Waals surface area contributed by atoms with Gasteiger partial charge in [0.15, 0.2) is 0 Å². The summed E-state index contributed by atoms with van der Waals surface area (Å²) in [7, 11) is 0. The summed E-state index contributed by atoms with van der Waals surface area (Å²) in [5.41, 5.74) is 0. The molecule has 1 saturated carbocycles. The Morgan fingerprint density at radius 1 is 1.36 bits per heavy atom. The predicted octanol–water partition coefficient (Wildman–Crippen LogP) is 2.17. The van der Waals surface area contributed by atoms with Crippen molar-refractivity contribution in [2.24, 2.45) is 11.8 Å². The summed E-state index contributed by atoms with van der Waals surface area (Å²) in [5.74, 6) is 1.60. The molecule has 84 valence electrons. The molecule has 1 aliphatic rings. The van der Waals surface area contributed by atoms with Crippen LogP contribution >= 0.6 is 0 Å². The van der Waals surface area contributed by atoms with Crippen LogP contribution in [0.2, 0.25) is 0 Å². The molecule has 0 saturated heterocycles. The minimum atomic E-state index is 0.337. The van der Waals surface area contributed by atoms with Crippen LogP contribution in [0.3, 0.4) is 0 Å². The SMILES string of the molecule is CCC(CCO)CNCC1CCCC1. The molecule has 2 nitrogen and oxygen atoms in total. The van der Waals surface area contributed by atoms with Crippen LogP contribution in [-0.4, -0.2) is 24.8 Å². The highest BCUT2D eigenvalue weighted by atomic mass is 16.3. The molecule has 14 heavy (non-hydrogen) atoms. The summed E-state index contributed by atoms with van der Waals surface area (Å²) in [6, 6.07) is 0. The Labute approximate surface area is 88.1 Å². The second kappa shape index (κ2) is 7.24. The fourth-order valence-electron chi connectivity index (χ4n) is 2.34. The van der Waals surface area contributed by atoms with Crippen molar-refractivity contribution in [1.82, 2.24) is 5.32 Å². The van der Waals surface area contributed by atoms with Gasteiger partial charge in [0, 0.05) is 6.61 Å². The molecule has 0 bridgehead atoms. The molecule has 0 amide bonds. The van der Waals surface area contributed by atoms with Gasteiger partial charge in [-0.2, -0.15) is 0 Å². The molecule has 0 aromatic rings. The Balaban J connectivity index is 2.00. The topological polar surface area (TPSA) is 32.3 Å². The Bertz CT molecular complexity index is 132. The zero-order valence-electron chi connectivity index (χ0n) is 9.47. The first kappa shape index (κ1) is 12.0. The minimum absolute atomic E-state index is 0.337. The van der Waals surface area contributed by atoms with Gasteiger partial charge in [-0.3, -0.25) is 0 Å². The normalized spacial score (nSPS) is 20.1. The molecule has 1 aliphatic carbocycles. The highest BCUT2D eigenvalue weighted by molar-refractivity contribution is 4.70. The molecule has 0 heterocycles. The van der Waals surface area contributed by atoms with E-state index < -0.39 is 0 Å². The monoisotopic (exact) mass is 199 g/mol. The Morgan fingerprint density at radius 3 is 2.64 bits per heavy atom. The lowest BCUT2D eigenvalue weighted by Gasteiger charge is -2.16. The van der Waals surface area contributed by atoms with Gasteiger partial charge in [0.1, 0.15) is 0 Å². The third-order valence-electron chi connectivity index (χ3n) is 3.46. The Hall–Kier alpha value is -0.0800. The highest BCUT2D eigenvalue weighted by Crippen LogP contribution is 2.23. The van der Waals surface area contributed by atoms with Crippen molar-refractivity contribution in [2.45, 2.75) is 45.4 Å². The maximum Gasteiger partial charge on any atom is 0.0434 e. The first-order valence-electron chi connectivity index (χ1n) is 6.18. The first-order valence-corrected chi connectivity index (χ1v) is 6.18. The van der Waals surface area contributed by atoms with E-state index in [0.717, 1.165) is 18.9 Å². The number of rotatable bonds is 7. The molecular formula is C12H25NO. The fourth-order valence-corrected chi connectivity index (χ4v) is 2.34. The third kappa shape index (κ3) is 4.43. The van der Waals surface area contributed by atoms with Crippen molar-refractivity contribution in [3.05, 3.63) is 0 Å². The van der Waals surface area contributed by atoms with E-state index >= 15 is 0 Å². The lowest BCUT2D eigenvalue weighted by molar-refractivity contribution is 0.250. The maximum absolute atomic E-state index is 8.85. The number of hydrogen-bond acceptors (Lipinski definition) is 2. The van der Waals surface area contributed by atoms with Gasteiger partial charge in [-0.25, -0.2) is 0 Å². The van der Waals surface area contributed by atoms with Gasteiger partial charge in [-0.05, 0) is 44.2 Å². The number of hydrogen-bond donors (Lipinski definition) is 2. The quantitative estimate of drug-likeness (QED) is 0.658. The lowest BCUT2D eigenvalue weighted by Crippen LogP contribution is -2.27. The molecule has 0 spiro atoms. The molecule has 1 fully saturated rings. The van der Waals surface area contributed by atoms with E-state index in [4.69, 9.17) is 5.11 Å². The van der Waals surface area contributed by atoms with Crippen molar-refractivity contribution >= 4 is 0 Å². The van der Waals surface area contributed by atoms with Gasteiger partial charge in [0.05, 0.1) is 0 Å². The van der Waals surface area contributed by atoms with Crippen LogP contribution < -0.4 is 5.32 Å². The molecule has 0 radical (unpaired) electrons. The maximum atomic E-state index is 8.85. The molecule has 1 atom stereocenters. The average molecular weight is 199 g/mol. The van der Waals surface area contributed by atoms with Crippen molar-refractivity contribution in [2.75, 3.05) is 19.7 Å². The van der Waals surface area contributed by atoms with Crippen LogP contribution in [0.1, 0.15) is 45.4 Å². The van der Waals surface area contributed by atoms with E-state index in [9.17, 15) is 0 Å². The highest BCUT2D eigenvalue weighted by Gasteiger charge is 2.14. The summed E-state index contributed by atoms with van der Waals surface area (Å²) in [5, 5.41) is 12.4. The minimum Gasteiger partial charge on any atom is -0.396 e. The fraction of sp³-hybridized carbons (Fsp3) is 1.00. The van der Waals surface area contributed by atoms with Gasteiger partial charge in [0.25, 0.3) is 0 Å². The summed E-state index contributed by atoms with van der Waals surface area (Å²) < 4.78 is 0.